The van der Waals surface area contributed by atoms with Crippen molar-refractivity contribution in [1.82, 2.24) is 5.32 Å². The van der Waals surface area contributed by atoms with Crippen molar-refractivity contribution in [1.29, 1.82) is 0 Å². The lowest BCUT2D eigenvalue weighted by atomic mass is 10.0. The Labute approximate surface area is 179 Å². The van der Waals surface area contributed by atoms with E-state index in [-0.39, 0.29) is 11.8 Å². The van der Waals surface area contributed by atoms with Crippen LogP contribution in [0.25, 0.3) is 0 Å². The maximum atomic E-state index is 13.1. The number of rotatable bonds is 5. The van der Waals surface area contributed by atoms with Crippen LogP contribution < -0.4 is 10.6 Å². The van der Waals surface area contributed by atoms with E-state index in [1.165, 1.54) is 24.3 Å². The zero-order chi connectivity index (χ0) is 21.5. The molecule has 30 heavy (non-hydrogen) atoms. The van der Waals surface area contributed by atoms with Gasteiger partial charge in [-0.05, 0) is 59.8 Å². The minimum absolute atomic E-state index is 0.142. The van der Waals surface area contributed by atoms with Crippen LogP contribution in [0.1, 0.15) is 34.6 Å². The molecule has 0 radical (unpaired) electrons. The summed E-state index contributed by atoms with van der Waals surface area (Å²) < 4.78 is 13.1. The molecule has 4 nitrogen and oxygen atoms in total. The summed E-state index contributed by atoms with van der Waals surface area (Å²) in [5.41, 5.74) is 1.66. The number of carbonyl (C=O) groups is 2. The van der Waals surface area contributed by atoms with Crippen molar-refractivity contribution in [3.8, 4) is 11.8 Å². The molecule has 0 bridgehead atoms. The summed E-state index contributed by atoms with van der Waals surface area (Å²) in [6.07, 6.45) is 0. The highest BCUT2D eigenvalue weighted by molar-refractivity contribution is 7.10. The molecular weight excluding hydrogens is 399 g/mol. The predicted molar refractivity (Wildman–Crippen MR) is 118 cm³/mol. The first kappa shape index (κ1) is 21.3. The number of hydrogen-bond donors (Lipinski definition) is 2. The minimum Gasteiger partial charge on any atom is -0.340 e. The molecule has 2 N–H and O–H groups in total. The van der Waals surface area contributed by atoms with E-state index in [4.69, 9.17) is 0 Å². The van der Waals surface area contributed by atoms with E-state index in [0.29, 0.717) is 11.3 Å². The summed E-state index contributed by atoms with van der Waals surface area (Å²) in [6.45, 7) is 3.69. The first-order valence-corrected chi connectivity index (χ1v) is 10.3. The number of amides is 2. The molecule has 3 aromatic rings. The van der Waals surface area contributed by atoms with E-state index in [1.807, 2.05) is 43.5 Å². The molecule has 0 aliphatic heterocycles. The highest BCUT2D eigenvalue weighted by Gasteiger charge is 2.24. The molecule has 0 spiro atoms. The van der Waals surface area contributed by atoms with Gasteiger partial charge in [0.05, 0.1) is 4.88 Å². The Morgan fingerprint density at radius 1 is 1.00 bits per heavy atom. The van der Waals surface area contributed by atoms with Gasteiger partial charge >= 0.3 is 0 Å². The molecule has 1 heterocycles. The van der Waals surface area contributed by atoms with Crippen LogP contribution in [0.15, 0.2) is 66.0 Å². The van der Waals surface area contributed by atoms with Gasteiger partial charge < -0.3 is 10.6 Å². The first-order valence-electron chi connectivity index (χ1n) is 9.45. The number of halogens is 1. The maximum Gasteiger partial charge on any atom is 0.251 e. The number of thiophene rings is 1. The summed E-state index contributed by atoms with van der Waals surface area (Å²) in [5, 5.41) is 7.54. The van der Waals surface area contributed by atoms with Gasteiger partial charge in [-0.15, -0.1) is 11.3 Å². The number of nitrogens with one attached hydrogen (secondary N) is 2. The van der Waals surface area contributed by atoms with Crippen LogP contribution in [0, 0.1) is 23.6 Å². The monoisotopic (exact) mass is 420 g/mol. The summed E-state index contributed by atoms with van der Waals surface area (Å²) >= 11 is 1.56. The molecule has 0 saturated carbocycles. The van der Waals surface area contributed by atoms with E-state index in [1.54, 1.807) is 23.5 Å². The largest absolute Gasteiger partial charge is 0.340 e. The maximum absolute atomic E-state index is 13.1. The van der Waals surface area contributed by atoms with Crippen molar-refractivity contribution in [2.45, 2.75) is 19.9 Å². The highest BCUT2D eigenvalue weighted by Crippen LogP contribution is 2.14. The van der Waals surface area contributed by atoms with Crippen LogP contribution in [0.5, 0.6) is 0 Å². The molecule has 2 amide bonds. The topological polar surface area (TPSA) is 58.2 Å². The van der Waals surface area contributed by atoms with E-state index in [9.17, 15) is 14.0 Å². The number of hydrogen-bond acceptors (Lipinski definition) is 3. The Morgan fingerprint density at radius 2 is 1.77 bits per heavy atom. The predicted octanol–water partition coefficient (Wildman–Crippen LogP) is 4.68. The Kier molecular flexibility index (Phi) is 6.99. The molecule has 3 rings (SSSR count). The third-order valence-corrected chi connectivity index (χ3v) is 5.11. The van der Waals surface area contributed by atoms with Gasteiger partial charge in [0.25, 0.3) is 5.91 Å². The van der Waals surface area contributed by atoms with Crippen molar-refractivity contribution < 1.29 is 14.0 Å². The Morgan fingerprint density at radius 3 is 2.43 bits per heavy atom. The average molecular weight is 421 g/mol. The fourth-order valence-corrected chi connectivity index (χ4v) is 3.31. The third-order valence-electron chi connectivity index (χ3n) is 4.32. The van der Waals surface area contributed by atoms with Gasteiger partial charge in [-0.3, -0.25) is 9.59 Å². The zero-order valence-electron chi connectivity index (χ0n) is 16.6. The van der Waals surface area contributed by atoms with Gasteiger partial charge in [0, 0.05) is 16.8 Å². The lowest BCUT2D eigenvalue weighted by Crippen LogP contribution is -2.47. The number of carbonyl (C=O) groups excluding carboxylic acids is 2. The molecule has 0 saturated heterocycles. The van der Waals surface area contributed by atoms with Crippen molar-refractivity contribution >= 4 is 28.8 Å². The summed E-state index contributed by atoms with van der Waals surface area (Å²) in [6, 6.07) is 15.6. The SMILES string of the molecule is CC(C)C(NC(=O)c1ccc(F)cc1)C(=O)Nc1cccc(C#Cc2cccs2)c1. The smallest absolute Gasteiger partial charge is 0.251 e. The molecule has 0 fully saturated rings. The van der Waals surface area contributed by atoms with Crippen molar-refractivity contribution in [3.05, 3.63) is 87.9 Å². The standard InChI is InChI=1S/C24H21FN2O2S/c1-16(2)22(27-23(28)18-9-11-19(25)12-10-18)24(29)26-20-6-3-5-17(15-20)8-13-21-7-4-14-30-21/h3-7,9-12,14-16,22H,1-2H3,(H,26,29)(H,27,28). The fourth-order valence-electron chi connectivity index (χ4n) is 2.74. The minimum atomic E-state index is -0.747. The van der Waals surface area contributed by atoms with E-state index < -0.39 is 17.8 Å². The van der Waals surface area contributed by atoms with E-state index >= 15 is 0 Å². The van der Waals surface area contributed by atoms with Crippen LogP contribution in [0.3, 0.4) is 0 Å². The first-order chi connectivity index (χ1) is 14.4. The van der Waals surface area contributed by atoms with Gasteiger partial charge in [-0.2, -0.15) is 0 Å². The van der Waals surface area contributed by atoms with Crippen molar-refractivity contribution in [3.63, 3.8) is 0 Å². The van der Waals surface area contributed by atoms with Gasteiger partial charge in [-0.1, -0.05) is 37.8 Å². The molecule has 2 aromatic carbocycles. The second-order valence-electron chi connectivity index (χ2n) is 7.00. The van der Waals surface area contributed by atoms with Crippen LogP contribution in [0.4, 0.5) is 10.1 Å². The zero-order valence-corrected chi connectivity index (χ0v) is 17.4. The molecule has 6 heteroatoms. The number of anilines is 1. The molecule has 0 aliphatic carbocycles. The van der Waals surface area contributed by atoms with E-state index in [0.717, 1.165) is 10.4 Å². The molecule has 1 atom stereocenters. The van der Waals surface area contributed by atoms with Crippen molar-refractivity contribution in [2.75, 3.05) is 5.32 Å². The lowest BCUT2D eigenvalue weighted by molar-refractivity contribution is -0.118. The molecular formula is C24H21FN2O2S. The quantitative estimate of drug-likeness (QED) is 0.589. The molecule has 152 valence electrons. The molecule has 1 unspecified atom stereocenters. The van der Waals surface area contributed by atoms with Gasteiger partial charge in [0.1, 0.15) is 11.9 Å². The Balaban J connectivity index is 1.69. The van der Waals surface area contributed by atoms with E-state index in [2.05, 4.69) is 22.5 Å². The third kappa shape index (κ3) is 5.79. The van der Waals surface area contributed by atoms with Crippen LogP contribution >= 0.6 is 11.3 Å². The highest BCUT2D eigenvalue weighted by atomic mass is 32.1. The lowest BCUT2D eigenvalue weighted by Gasteiger charge is -2.22. The summed E-state index contributed by atoms with van der Waals surface area (Å²) in [7, 11) is 0. The van der Waals surface area contributed by atoms with Gasteiger partial charge in [-0.25, -0.2) is 4.39 Å². The normalized spacial score (nSPS) is 11.3. The van der Waals surface area contributed by atoms with Gasteiger partial charge in [0.15, 0.2) is 0 Å². The second-order valence-corrected chi connectivity index (χ2v) is 7.95. The van der Waals surface area contributed by atoms with Gasteiger partial charge in [0.2, 0.25) is 5.91 Å². The summed E-state index contributed by atoms with van der Waals surface area (Å²) in [5.74, 6) is 4.83. The fraction of sp³-hybridized carbons (Fsp3) is 0.167. The molecule has 1 aromatic heterocycles. The Bertz CT molecular complexity index is 1080. The van der Waals surface area contributed by atoms with Crippen LogP contribution in [-0.4, -0.2) is 17.9 Å². The molecule has 0 aliphatic rings. The van der Waals surface area contributed by atoms with Crippen LogP contribution in [0.2, 0.25) is 0 Å². The average Bonchev–Trinajstić information content (AvgIpc) is 3.24. The Hall–Kier alpha value is -3.43. The van der Waals surface area contributed by atoms with Crippen LogP contribution in [-0.2, 0) is 4.79 Å². The van der Waals surface area contributed by atoms with Crippen molar-refractivity contribution in [2.24, 2.45) is 5.92 Å². The second kappa shape index (κ2) is 9.86. The number of benzene rings is 2. The summed E-state index contributed by atoms with van der Waals surface area (Å²) in [4.78, 5) is 26.2.